The van der Waals surface area contributed by atoms with Crippen LogP contribution in [0.25, 0.3) is 0 Å². The van der Waals surface area contributed by atoms with Crippen molar-refractivity contribution < 1.29 is 9.18 Å². The second-order valence-electron chi connectivity index (χ2n) is 8.41. The first kappa shape index (κ1) is 22.1. The lowest BCUT2D eigenvalue weighted by Crippen LogP contribution is -2.54. The Balaban J connectivity index is 1.22. The zero-order chi connectivity index (χ0) is 22.8. The molecule has 3 aromatic rings. The maximum atomic E-state index is 14.1. The summed E-state index contributed by atoms with van der Waals surface area (Å²) in [6.07, 6.45) is 2.41. The summed E-state index contributed by atoms with van der Waals surface area (Å²) in [5.74, 6) is 0.675. The molecule has 2 aliphatic rings. The molecule has 1 unspecified atom stereocenters. The third-order valence-electron chi connectivity index (χ3n) is 6.30. The minimum atomic E-state index is -0.218. The first-order valence-electron chi connectivity index (χ1n) is 11.2. The number of carbonyl (C=O) groups is 1. The van der Waals surface area contributed by atoms with Gasteiger partial charge in [0.25, 0.3) is 0 Å². The van der Waals surface area contributed by atoms with Crippen LogP contribution < -0.4 is 9.80 Å². The maximum absolute atomic E-state index is 14.1. The first-order chi connectivity index (χ1) is 16.1. The molecule has 0 spiro atoms. The van der Waals surface area contributed by atoms with E-state index in [0.29, 0.717) is 43.3 Å². The molecule has 1 amide bonds. The van der Waals surface area contributed by atoms with E-state index in [0.717, 1.165) is 35.9 Å². The summed E-state index contributed by atoms with van der Waals surface area (Å²) in [6.45, 7) is 3.25. The van der Waals surface area contributed by atoms with Crippen molar-refractivity contribution in [3.05, 3.63) is 70.8 Å². The lowest BCUT2D eigenvalue weighted by Gasteiger charge is -2.38. The molecule has 33 heavy (non-hydrogen) atoms. The van der Waals surface area contributed by atoms with Crippen molar-refractivity contribution in [3.8, 4) is 0 Å². The predicted octanol–water partition coefficient (Wildman–Crippen LogP) is 4.24. The lowest BCUT2D eigenvalue weighted by molar-refractivity contribution is -0.132. The van der Waals surface area contributed by atoms with Crippen LogP contribution in [-0.4, -0.2) is 58.9 Å². The zero-order valence-electron chi connectivity index (χ0n) is 18.2. The fourth-order valence-electron chi connectivity index (χ4n) is 4.56. The van der Waals surface area contributed by atoms with E-state index < -0.39 is 0 Å². The van der Waals surface area contributed by atoms with Crippen LogP contribution in [0.15, 0.2) is 48.5 Å². The molecular weight excluding hydrogens is 461 g/mol. The molecule has 0 radical (unpaired) electrons. The molecule has 0 aliphatic carbocycles. The van der Waals surface area contributed by atoms with Gasteiger partial charge in [0.15, 0.2) is 0 Å². The average molecular weight is 486 g/mol. The summed E-state index contributed by atoms with van der Waals surface area (Å²) < 4.78 is 18.7. The Bertz CT molecular complexity index is 1120. The van der Waals surface area contributed by atoms with Crippen LogP contribution in [0.3, 0.4) is 0 Å². The fourth-order valence-corrected chi connectivity index (χ4v) is 5.45. The van der Waals surface area contributed by atoms with Gasteiger partial charge in [-0.2, -0.15) is 4.37 Å². The number of para-hydroxylation sites is 1. The zero-order valence-corrected chi connectivity index (χ0v) is 19.7. The Kier molecular flexibility index (Phi) is 6.46. The third-order valence-corrected chi connectivity index (χ3v) is 7.34. The van der Waals surface area contributed by atoms with Gasteiger partial charge in [0, 0.05) is 55.7 Å². The number of anilines is 2. The van der Waals surface area contributed by atoms with Crippen molar-refractivity contribution in [2.24, 2.45) is 0 Å². The molecule has 2 fully saturated rings. The molecule has 172 valence electrons. The summed E-state index contributed by atoms with van der Waals surface area (Å²) in [5.41, 5.74) is 1.71. The smallest absolute Gasteiger partial charge is 0.245 e. The summed E-state index contributed by atoms with van der Waals surface area (Å²) >= 11 is 7.32. The Morgan fingerprint density at radius 3 is 2.58 bits per heavy atom. The van der Waals surface area contributed by atoms with Crippen LogP contribution in [0, 0.1) is 5.82 Å². The van der Waals surface area contributed by atoms with Gasteiger partial charge in [-0.05, 0) is 42.7 Å². The van der Waals surface area contributed by atoms with Gasteiger partial charge in [-0.25, -0.2) is 9.37 Å². The molecular formula is C24H25ClFN5OS. The molecule has 0 N–H and O–H groups in total. The molecule has 2 aliphatic heterocycles. The quantitative estimate of drug-likeness (QED) is 0.541. The van der Waals surface area contributed by atoms with Crippen molar-refractivity contribution in [2.75, 3.05) is 42.5 Å². The molecule has 2 aromatic carbocycles. The van der Waals surface area contributed by atoms with E-state index >= 15 is 0 Å². The van der Waals surface area contributed by atoms with Crippen LogP contribution in [0.4, 0.5) is 15.2 Å². The van der Waals surface area contributed by atoms with E-state index in [9.17, 15) is 9.18 Å². The van der Waals surface area contributed by atoms with Gasteiger partial charge in [-0.1, -0.05) is 35.9 Å². The topological polar surface area (TPSA) is 52.6 Å². The van der Waals surface area contributed by atoms with E-state index in [1.165, 1.54) is 17.6 Å². The molecule has 9 heteroatoms. The number of rotatable bonds is 5. The second-order valence-corrected chi connectivity index (χ2v) is 9.58. The number of benzene rings is 2. The Hall–Kier alpha value is -2.71. The number of piperazine rings is 1. The van der Waals surface area contributed by atoms with Crippen molar-refractivity contribution in [1.82, 2.24) is 14.3 Å². The Morgan fingerprint density at radius 2 is 1.82 bits per heavy atom. The monoisotopic (exact) mass is 485 g/mol. The average Bonchev–Trinajstić information content (AvgIpc) is 3.50. The van der Waals surface area contributed by atoms with Gasteiger partial charge in [-0.15, -0.1) is 0 Å². The summed E-state index contributed by atoms with van der Waals surface area (Å²) in [4.78, 5) is 24.1. The van der Waals surface area contributed by atoms with Crippen LogP contribution in [0.1, 0.15) is 24.2 Å². The number of hydrogen-bond acceptors (Lipinski definition) is 6. The van der Waals surface area contributed by atoms with Crippen molar-refractivity contribution in [1.29, 1.82) is 0 Å². The number of amides is 1. The highest BCUT2D eigenvalue weighted by atomic mass is 35.5. The SMILES string of the molecule is O=C(C1CCCN1c1nc(Cc2ccc(Cl)cc2)ns1)N1CCN(c2ccccc2F)CC1. The third kappa shape index (κ3) is 4.82. The maximum Gasteiger partial charge on any atom is 0.245 e. The fraction of sp³-hybridized carbons (Fsp3) is 0.375. The number of halogens is 2. The standard InChI is InChI=1S/C24H25ClFN5OS/c25-18-9-7-17(8-10-18)16-22-27-24(33-28-22)31-11-3-6-21(31)23(32)30-14-12-29(13-15-30)20-5-2-1-4-19(20)26/h1-2,4-5,7-10,21H,3,6,11-16H2. The number of nitrogens with zero attached hydrogens (tertiary/aromatic N) is 5. The minimum absolute atomic E-state index is 0.134. The van der Waals surface area contributed by atoms with Crippen molar-refractivity contribution >= 4 is 39.9 Å². The molecule has 5 rings (SSSR count). The second kappa shape index (κ2) is 9.65. The first-order valence-corrected chi connectivity index (χ1v) is 12.4. The molecule has 0 bridgehead atoms. The van der Waals surface area contributed by atoms with Crippen molar-refractivity contribution in [3.63, 3.8) is 0 Å². The lowest BCUT2D eigenvalue weighted by atomic mass is 10.1. The van der Waals surface area contributed by atoms with Gasteiger partial charge < -0.3 is 14.7 Å². The number of aromatic nitrogens is 2. The van der Waals surface area contributed by atoms with Gasteiger partial charge in [0.2, 0.25) is 11.0 Å². The Labute approximate surface area is 201 Å². The largest absolute Gasteiger partial charge is 0.366 e. The highest BCUT2D eigenvalue weighted by Crippen LogP contribution is 2.29. The van der Waals surface area contributed by atoms with E-state index in [4.69, 9.17) is 16.6 Å². The van der Waals surface area contributed by atoms with Gasteiger partial charge in [0.05, 0.1) is 5.69 Å². The molecule has 3 heterocycles. The normalized spacial score (nSPS) is 18.7. The van der Waals surface area contributed by atoms with E-state index in [1.807, 2.05) is 40.1 Å². The van der Waals surface area contributed by atoms with Crippen LogP contribution >= 0.6 is 23.1 Å². The number of carbonyl (C=O) groups excluding carboxylic acids is 1. The van der Waals surface area contributed by atoms with Crippen LogP contribution in [0.2, 0.25) is 5.02 Å². The van der Waals surface area contributed by atoms with Gasteiger partial charge >= 0.3 is 0 Å². The van der Waals surface area contributed by atoms with Gasteiger partial charge in [0.1, 0.15) is 17.7 Å². The van der Waals surface area contributed by atoms with Crippen molar-refractivity contribution in [2.45, 2.75) is 25.3 Å². The summed E-state index contributed by atoms with van der Waals surface area (Å²) in [5, 5.41) is 1.51. The highest BCUT2D eigenvalue weighted by molar-refractivity contribution is 7.09. The predicted molar refractivity (Wildman–Crippen MR) is 130 cm³/mol. The molecule has 1 aromatic heterocycles. The van der Waals surface area contributed by atoms with Crippen LogP contribution in [-0.2, 0) is 11.2 Å². The molecule has 2 saturated heterocycles. The molecule has 1 atom stereocenters. The van der Waals surface area contributed by atoms with Crippen LogP contribution in [0.5, 0.6) is 0 Å². The highest BCUT2D eigenvalue weighted by Gasteiger charge is 2.36. The molecule has 0 saturated carbocycles. The molecule has 6 nitrogen and oxygen atoms in total. The number of hydrogen-bond donors (Lipinski definition) is 0. The summed E-state index contributed by atoms with van der Waals surface area (Å²) in [7, 11) is 0. The van der Waals surface area contributed by atoms with E-state index in [1.54, 1.807) is 12.1 Å². The summed E-state index contributed by atoms with van der Waals surface area (Å²) in [6, 6.07) is 14.3. The minimum Gasteiger partial charge on any atom is -0.366 e. The van der Waals surface area contributed by atoms with E-state index in [-0.39, 0.29) is 17.8 Å². The Morgan fingerprint density at radius 1 is 1.06 bits per heavy atom. The van der Waals surface area contributed by atoms with Gasteiger partial charge in [-0.3, -0.25) is 4.79 Å². The van der Waals surface area contributed by atoms with E-state index in [2.05, 4.69) is 9.27 Å².